The first-order chi connectivity index (χ1) is 7.11. The van der Waals surface area contributed by atoms with Crippen LogP contribution in [0, 0.1) is 0 Å². The lowest BCUT2D eigenvalue weighted by atomic mass is 10.3. The lowest BCUT2D eigenvalue weighted by Crippen LogP contribution is -2.11. The molecule has 1 heterocycles. The number of rotatable bonds is 2. The Morgan fingerprint density at radius 3 is 2.40 bits per heavy atom. The molecule has 0 spiro atoms. The Morgan fingerprint density at radius 2 is 2.00 bits per heavy atom. The van der Waals surface area contributed by atoms with Crippen molar-refractivity contribution in [2.24, 2.45) is 4.99 Å². The molecule has 84 valence electrons. The predicted octanol–water partition coefficient (Wildman–Crippen LogP) is 4.09. The second-order valence-corrected chi connectivity index (χ2v) is 3.68. The fraction of sp³-hybridized carbons (Fsp3) is 0.462. The highest BCUT2D eigenvalue weighted by Crippen LogP contribution is 2.08. The summed E-state index contributed by atoms with van der Waals surface area (Å²) in [4.78, 5) is 5.89. The van der Waals surface area contributed by atoms with Crippen LogP contribution in [0.15, 0.2) is 41.4 Å². The summed E-state index contributed by atoms with van der Waals surface area (Å²) in [6.07, 6.45) is 10.0. The van der Waals surface area contributed by atoms with Crippen LogP contribution in [0.5, 0.6) is 0 Å². The van der Waals surface area contributed by atoms with Crippen molar-refractivity contribution in [3.63, 3.8) is 0 Å². The summed E-state index contributed by atoms with van der Waals surface area (Å²) in [5.74, 6) is 0. The van der Waals surface area contributed by atoms with E-state index >= 15 is 0 Å². The SMILES string of the molecule is C=C1C=NC=CN1C=C(C)C.CCCC. The van der Waals surface area contributed by atoms with E-state index in [4.69, 9.17) is 0 Å². The number of unbranched alkanes of at least 4 members (excludes halogenated alkanes) is 1. The van der Waals surface area contributed by atoms with Crippen molar-refractivity contribution in [1.29, 1.82) is 0 Å². The van der Waals surface area contributed by atoms with Gasteiger partial charge >= 0.3 is 0 Å². The van der Waals surface area contributed by atoms with Crippen LogP contribution >= 0.6 is 0 Å². The Bertz CT molecular complexity index is 266. The molecule has 0 atom stereocenters. The maximum atomic E-state index is 3.94. The van der Waals surface area contributed by atoms with Gasteiger partial charge in [0.2, 0.25) is 0 Å². The first-order valence-corrected chi connectivity index (χ1v) is 5.43. The highest BCUT2D eigenvalue weighted by atomic mass is 15.1. The highest BCUT2D eigenvalue weighted by Gasteiger charge is 2.00. The van der Waals surface area contributed by atoms with Crippen molar-refractivity contribution >= 4 is 6.21 Å². The molecule has 0 unspecified atom stereocenters. The van der Waals surface area contributed by atoms with Crippen molar-refractivity contribution in [3.8, 4) is 0 Å². The van der Waals surface area contributed by atoms with E-state index in [1.807, 2.05) is 31.1 Å². The maximum absolute atomic E-state index is 3.94. The van der Waals surface area contributed by atoms with Crippen molar-refractivity contribution in [2.45, 2.75) is 40.5 Å². The van der Waals surface area contributed by atoms with Crippen molar-refractivity contribution < 1.29 is 0 Å². The first kappa shape index (κ1) is 13.7. The van der Waals surface area contributed by atoms with E-state index in [0.717, 1.165) is 5.70 Å². The molecule has 0 radical (unpaired) electrons. The molecule has 0 aromatic heterocycles. The largest absolute Gasteiger partial charge is 0.321 e. The minimum absolute atomic E-state index is 0.897. The molecule has 0 fully saturated rings. The van der Waals surface area contributed by atoms with Crippen LogP contribution in [0.1, 0.15) is 40.5 Å². The van der Waals surface area contributed by atoms with Crippen molar-refractivity contribution in [3.05, 3.63) is 36.4 Å². The zero-order chi connectivity index (χ0) is 11.7. The Hall–Kier alpha value is -1.31. The maximum Gasteiger partial charge on any atom is 0.0561 e. The molecule has 0 aromatic rings. The van der Waals surface area contributed by atoms with Gasteiger partial charge in [-0.3, -0.25) is 4.99 Å². The minimum Gasteiger partial charge on any atom is -0.321 e. The van der Waals surface area contributed by atoms with Gasteiger partial charge in [-0.05, 0) is 13.8 Å². The number of aliphatic imine (C=N–C) groups is 1. The van der Waals surface area contributed by atoms with Gasteiger partial charge < -0.3 is 4.90 Å². The van der Waals surface area contributed by atoms with Crippen LogP contribution < -0.4 is 0 Å². The third-order valence-corrected chi connectivity index (χ3v) is 1.77. The van der Waals surface area contributed by atoms with Crippen LogP contribution in [0.3, 0.4) is 0 Å². The summed E-state index contributed by atoms with van der Waals surface area (Å²) >= 11 is 0. The molecule has 0 amide bonds. The van der Waals surface area contributed by atoms with Crippen LogP contribution in [0.25, 0.3) is 0 Å². The van der Waals surface area contributed by atoms with E-state index in [1.54, 1.807) is 12.4 Å². The summed E-state index contributed by atoms with van der Waals surface area (Å²) in [5, 5.41) is 0. The lowest BCUT2D eigenvalue weighted by molar-refractivity contribution is 0.653. The van der Waals surface area contributed by atoms with E-state index in [9.17, 15) is 0 Å². The Kier molecular flexibility index (Phi) is 7.33. The second-order valence-electron chi connectivity index (χ2n) is 3.68. The van der Waals surface area contributed by atoms with E-state index in [-0.39, 0.29) is 0 Å². The van der Waals surface area contributed by atoms with Crippen molar-refractivity contribution in [1.82, 2.24) is 4.90 Å². The van der Waals surface area contributed by atoms with Gasteiger partial charge in [-0.25, -0.2) is 0 Å². The van der Waals surface area contributed by atoms with Crippen LogP contribution in [0.4, 0.5) is 0 Å². The fourth-order valence-electron chi connectivity index (χ4n) is 0.806. The smallest absolute Gasteiger partial charge is 0.0561 e. The topological polar surface area (TPSA) is 15.6 Å². The Balaban J connectivity index is 0.000000423. The number of hydrogen-bond acceptors (Lipinski definition) is 2. The van der Waals surface area contributed by atoms with E-state index < -0.39 is 0 Å². The highest BCUT2D eigenvalue weighted by molar-refractivity contribution is 5.78. The van der Waals surface area contributed by atoms with Crippen LogP contribution in [-0.2, 0) is 0 Å². The Morgan fingerprint density at radius 1 is 1.40 bits per heavy atom. The molecule has 1 aliphatic heterocycles. The number of allylic oxidation sites excluding steroid dienone is 2. The molecule has 2 heteroatoms. The molecular weight excluding hydrogens is 184 g/mol. The lowest BCUT2D eigenvalue weighted by Gasteiger charge is -2.17. The normalized spacial score (nSPS) is 13.3. The Labute approximate surface area is 93.7 Å². The van der Waals surface area contributed by atoms with Gasteiger partial charge in [0.25, 0.3) is 0 Å². The standard InChI is InChI=1S/C9H12N2.C4H10/c1-8(2)7-11-5-4-10-6-9(11)3;1-3-4-2/h4-7H,3H2,1-2H3;3-4H2,1-2H3. The van der Waals surface area contributed by atoms with Gasteiger partial charge in [-0.1, -0.05) is 38.8 Å². The molecule has 1 aliphatic rings. The monoisotopic (exact) mass is 206 g/mol. The predicted molar refractivity (Wildman–Crippen MR) is 68.6 cm³/mol. The molecule has 15 heavy (non-hydrogen) atoms. The molecule has 0 bridgehead atoms. The van der Waals surface area contributed by atoms with Gasteiger partial charge in [0.05, 0.1) is 11.9 Å². The van der Waals surface area contributed by atoms with Crippen molar-refractivity contribution in [2.75, 3.05) is 0 Å². The summed E-state index contributed by atoms with van der Waals surface area (Å²) in [7, 11) is 0. The van der Waals surface area contributed by atoms with E-state index in [0.29, 0.717) is 0 Å². The van der Waals surface area contributed by atoms with Gasteiger partial charge in [0.15, 0.2) is 0 Å². The van der Waals surface area contributed by atoms with Crippen LogP contribution in [0.2, 0.25) is 0 Å². The van der Waals surface area contributed by atoms with Gasteiger partial charge in [0.1, 0.15) is 0 Å². The minimum atomic E-state index is 0.897. The molecule has 0 aliphatic carbocycles. The number of nitrogens with zero attached hydrogens (tertiary/aromatic N) is 2. The molecule has 2 nitrogen and oxygen atoms in total. The summed E-state index contributed by atoms with van der Waals surface area (Å²) in [6, 6.07) is 0. The summed E-state index contributed by atoms with van der Waals surface area (Å²) < 4.78 is 0. The zero-order valence-corrected chi connectivity index (χ0v) is 10.3. The quantitative estimate of drug-likeness (QED) is 0.664. The zero-order valence-electron chi connectivity index (χ0n) is 10.3. The second kappa shape index (κ2) is 8.04. The molecule has 0 aromatic carbocycles. The third kappa shape index (κ3) is 6.72. The molecule has 0 saturated heterocycles. The summed E-state index contributed by atoms with van der Waals surface area (Å²) in [5.41, 5.74) is 2.14. The molecule has 0 N–H and O–H groups in total. The molecule has 1 rings (SSSR count). The van der Waals surface area contributed by atoms with Gasteiger partial charge in [-0.2, -0.15) is 0 Å². The summed E-state index contributed by atoms with van der Waals surface area (Å²) in [6.45, 7) is 12.3. The fourth-order valence-corrected chi connectivity index (χ4v) is 0.806. The van der Waals surface area contributed by atoms with E-state index in [2.05, 4.69) is 25.4 Å². The molecule has 0 saturated carbocycles. The average molecular weight is 206 g/mol. The van der Waals surface area contributed by atoms with Crippen LogP contribution in [-0.4, -0.2) is 11.1 Å². The van der Waals surface area contributed by atoms with Gasteiger partial charge in [-0.15, -0.1) is 0 Å². The van der Waals surface area contributed by atoms with E-state index in [1.165, 1.54) is 18.4 Å². The first-order valence-electron chi connectivity index (χ1n) is 5.43. The third-order valence-electron chi connectivity index (χ3n) is 1.77. The molecular formula is C13H22N2. The average Bonchev–Trinajstić information content (AvgIpc) is 2.21. The van der Waals surface area contributed by atoms with Gasteiger partial charge in [0, 0.05) is 18.6 Å². The number of hydrogen-bond donors (Lipinski definition) is 0.